The highest BCUT2D eigenvalue weighted by Gasteiger charge is 2.48. The summed E-state index contributed by atoms with van der Waals surface area (Å²) in [4.78, 5) is 0. The second-order valence-corrected chi connectivity index (χ2v) is 19.6. The van der Waals surface area contributed by atoms with Crippen molar-refractivity contribution in [1.29, 1.82) is 0 Å². The van der Waals surface area contributed by atoms with Crippen molar-refractivity contribution in [3.63, 3.8) is 0 Å². The smallest absolute Gasteiger partial charge is 0.188 e. The molecule has 12 rings (SSSR count). The molecular formula is C54H35ClN2OSi. The molecule has 0 N–H and O–H groups in total. The standard InChI is InChI=1S/C54H35ClN2OSi/c55-38-27-31-54-52(33-38)58-51-24-11-12-25-53(51)59(54,41-19-13-18-40(34-41)57-47-22-9-7-20-43(47)44-21-8-10-23-48(44)57)42-28-30-49-46(35-42)45-29-26-37(36-14-3-1-4-15-36)32-50(45)56(49)39-16-5-2-6-17-39/h1-35H. The number of fused-ring (bicyclic) bond motifs is 8. The summed E-state index contributed by atoms with van der Waals surface area (Å²) >= 11 is 6.78. The Labute approximate surface area is 347 Å². The monoisotopic (exact) mass is 790 g/mol. The first-order valence-corrected chi connectivity index (χ1v) is 22.4. The van der Waals surface area contributed by atoms with E-state index in [9.17, 15) is 0 Å². The third-order valence-electron chi connectivity index (χ3n) is 12.3. The molecule has 0 saturated carbocycles. The van der Waals surface area contributed by atoms with Crippen LogP contribution in [0, 0.1) is 0 Å². The average Bonchev–Trinajstić information content (AvgIpc) is 3.81. The molecule has 0 amide bonds. The van der Waals surface area contributed by atoms with Crippen molar-refractivity contribution in [3.8, 4) is 34.0 Å². The van der Waals surface area contributed by atoms with E-state index in [2.05, 4.69) is 209 Å². The summed E-state index contributed by atoms with van der Waals surface area (Å²) in [5.74, 6) is 1.68. The summed E-state index contributed by atoms with van der Waals surface area (Å²) in [5.41, 5.74) is 9.36. The van der Waals surface area contributed by atoms with Gasteiger partial charge in [0.2, 0.25) is 0 Å². The molecule has 3 heterocycles. The molecule has 0 fully saturated rings. The van der Waals surface area contributed by atoms with E-state index >= 15 is 0 Å². The number of hydrogen-bond donors (Lipinski definition) is 0. The first kappa shape index (κ1) is 34.0. The number of para-hydroxylation sites is 4. The highest BCUT2D eigenvalue weighted by Crippen LogP contribution is 2.37. The van der Waals surface area contributed by atoms with Gasteiger partial charge in [-0.1, -0.05) is 157 Å². The summed E-state index contributed by atoms with van der Waals surface area (Å²) in [7, 11) is -3.12. The Morgan fingerprint density at radius 2 is 0.966 bits per heavy atom. The normalized spacial score (nSPS) is 14.7. The van der Waals surface area contributed by atoms with E-state index in [-0.39, 0.29) is 0 Å². The maximum atomic E-state index is 6.79. The van der Waals surface area contributed by atoms with Gasteiger partial charge in [0, 0.05) is 37.9 Å². The SMILES string of the molecule is Clc1ccc2c(c1)Oc1ccccc1[Si]2(c1cccc(-n2c3ccccc3c3ccccc32)c1)c1ccc2c(c1)c1ccc(-c3ccccc3)cc1n2-c1ccccc1. The molecule has 11 aromatic rings. The fourth-order valence-corrected chi connectivity index (χ4v) is 14.9. The molecule has 3 nitrogen and oxygen atoms in total. The summed E-state index contributed by atoms with van der Waals surface area (Å²) in [6.45, 7) is 0. The van der Waals surface area contributed by atoms with Crippen LogP contribution in [0.2, 0.25) is 5.02 Å². The van der Waals surface area contributed by atoms with Gasteiger partial charge in [0.1, 0.15) is 11.5 Å². The van der Waals surface area contributed by atoms with E-state index in [1.54, 1.807) is 0 Å². The van der Waals surface area contributed by atoms with E-state index < -0.39 is 8.07 Å². The highest BCUT2D eigenvalue weighted by molar-refractivity contribution is 7.21. The molecule has 0 bridgehead atoms. The second kappa shape index (κ2) is 13.2. The molecular weight excluding hydrogens is 756 g/mol. The topological polar surface area (TPSA) is 19.1 Å². The van der Waals surface area contributed by atoms with Crippen LogP contribution in [0.5, 0.6) is 11.5 Å². The predicted octanol–water partition coefficient (Wildman–Crippen LogP) is 11.7. The van der Waals surface area contributed by atoms with Crippen molar-refractivity contribution in [2.45, 2.75) is 0 Å². The molecule has 59 heavy (non-hydrogen) atoms. The van der Waals surface area contributed by atoms with Gasteiger partial charge in [0.05, 0.1) is 22.1 Å². The zero-order valence-electron chi connectivity index (χ0n) is 31.9. The minimum absolute atomic E-state index is 0.653. The molecule has 2 aromatic heterocycles. The van der Waals surface area contributed by atoms with Gasteiger partial charge in [-0.15, -0.1) is 0 Å². The largest absolute Gasteiger partial charge is 0.457 e. The van der Waals surface area contributed by atoms with Crippen LogP contribution in [0.3, 0.4) is 0 Å². The molecule has 1 atom stereocenters. The van der Waals surface area contributed by atoms with Gasteiger partial charge < -0.3 is 13.9 Å². The third-order valence-corrected chi connectivity index (χ3v) is 17.3. The molecule has 0 spiro atoms. The minimum Gasteiger partial charge on any atom is -0.457 e. The van der Waals surface area contributed by atoms with Gasteiger partial charge in [-0.2, -0.15) is 0 Å². The number of nitrogens with zero attached hydrogens (tertiary/aromatic N) is 2. The molecule has 1 unspecified atom stereocenters. The fraction of sp³-hybridized carbons (Fsp3) is 0. The Bertz CT molecular complexity index is 3390. The molecule has 0 radical (unpaired) electrons. The Kier molecular flexibility index (Phi) is 7.61. The molecule has 5 heteroatoms. The van der Waals surface area contributed by atoms with Crippen LogP contribution in [-0.4, -0.2) is 17.2 Å². The van der Waals surface area contributed by atoms with Gasteiger partial charge in [0.15, 0.2) is 8.07 Å². The quantitative estimate of drug-likeness (QED) is 0.159. The van der Waals surface area contributed by atoms with E-state index in [1.165, 1.54) is 75.5 Å². The zero-order valence-corrected chi connectivity index (χ0v) is 33.6. The number of aromatic nitrogens is 2. The summed E-state index contributed by atoms with van der Waals surface area (Å²) in [5, 5.41) is 10.5. The number of benzene rings is 9. The fourth-order valence-electron chi connectivity index (χ4n) is 9.81. The van der Waals surface area contributed by atoms with Crippen molar-refractivity contribution in [3.05, 3.63) is 217 Å². The lowest BCUT2D eigenvalue weighted by Gasteiger charge is -2.39. The lowest BCUT2D eigenvalue weighted by molar-refractivity contribution is 0.487. The van der Waals surface area contributed by atoms with E-state index in [4.69, 9.17) is 16.3 Å². The van der Waals surface area contributed by atoms with Gasteiger partial charge in [-0.3, -0.25) is 0 Å². The molecule has 1 aliphatic heterocycles. The Morgan fingerprint density at radius 3 is 1.76 bits per heavy atom. The number of halogens is 1. The first-order chi connectivity index (χ1) is 29.2. The second-order valence-electron chi connectivity index (χ2n) is 15.4. The molecule has 0 saturated heterocycles. The first-order valence-electron chi connectivity index (χ1n) is 20.0. The highest BCUT2D eigenvalue weighted by atomic mass is 35.5. The summed E-state index contributed by atoms with van der Waals surface area (Å²) in [6.07, 6.45) is 0. The van der Waals surface area contributed by atoms with Gasteiger partial charge in [-0.25, -0.2) is 0 Å². The van der Waals surface area contributed by atoms with E-state index in [0.29, 0.717) is 5.02 Å². The van der Waals surface area contributed by atoms with Crippen LogP contribution in [-0.2, 0) is 0 Å². The molecule has 9 aromatic carbocycles. The van der Waals surface area contributed by atoms with E-state index in [0.717, 1.165) is 22.9 Å². The number of hydrogen-bond acceptors (Lipinski definition) is 1. The minimum atomic E-state index is -3.12. The predicted molar refractivity (Wildman–Crippen MR) is 249 cm³/mol. The molecule has 0 aliphatic carbocycles. The van der Waals surface area contributed by atoms with Gasteiger partial charge in [-0.05, 0) is 98.6 Å². The van der Waals surface area contributed by atoms with Crippen molar-refractivity contribution < 1.29 is 4.74 Å². The van der Waals surface area contributed by atoms with Crippen LogP contribution in [0.4, 0.5) is 0 Å². The van der Waals surface area contributed by atoms with Crippen LogP contribution >= 0.6 is 11.6 Å². The van der Waals surface area contributed by atoms with Crippen molar-refractivity contribution in [1.82, 2.24) is 9.13 Å². The van der Waals surface area contributed by atoms with E-state index in [1.807, 2.05) is 12.1 Å². The lowest BCUT2D eigenvalue weighted by Crippen LogP contribution is -2.76. The van der Waals surface area contributed by atoms with Crippen LogP contribution in [0.15, 0.2) is 212 Å². The Morgan fingerprint density at radius 1 is 0.356 bits per heavy atom. The van der Waals surface area contributed by atoms with Crippen molar-refractivity contribution >= 4 is 84.0 Å². The van der Waals surface area contributed by atoms with Gasteiger partial charge in [0.25, 0.3) is 0 Å². The molecule has 1 aliphatic rings. The number of rotatable bonds is 5. The lowest BCUT2D eigenvalue weighted by atomic mass is 10.0. The third kappa shape index (κ3) is 5.07. The summed E-state index contributed by atoms with van der Waals surface area (Å²) < 4.78 is 11.6. The van der Waals surface area contributed by atoms with Crippen LogP contribution in [0.1, 0.15) is 0 Å². The molecule has 278 valence electrons. The Balaban J connectivity index is 1.18. The number of ether oxygens (including phenoxy) is 1. The summed E-state index contributed by atoms with van der Waals surface area (Å²) in [6, 6.07) is 77.1. The van der Waals surface area contributed by atoms with Crippen LogP contribution < -0.4 is 25.5 Å². The van der Waals surface area contributed by atoms with Crippen molar-refractivity contribution in [2.75, 3.05) is 0 Å². The van der Waals surface area contributed by atoms with Crippen LogP contribution in [0.25, 0.3) is 66.1 Å². The zero-order chi connectivity index (χ0) is 39.1. The Hall–Kier alpha value is -7.11. The van der Waals surface area contributed by atoms with Crippen molar-refractivity contribution in [2.24, 2.45) is 0 Å². The van der Waals surface area contributed by atoms with Gasteiger partial charge >= 0.3 is 0 Å². The maximum Gasteiger partial charge on any atom is 0.188 e. The average molecular weight is 791 g/mol. The maximum absolute atomic E-state index is 6.79.